The zero-order valence-electron chi connectivity index (χ0n) is 7.86. The number of rotatable bonds is 4. The van der Waals surface area contributed by atoms with Crippen molar-refractivity contribution in [3.05, 3.63) is 30.1 Å². The van der Waals surface area contributed by atoms with Gasteiger partial charge in [-0.3, -0.25) is 9.78 Å². The van der Waals surface area contributed by atoms with Crippen LogP contribution in [-0.4, -0.2) is 23.5 Å². The molecule has 1 aromatic rings. The van der Waals surface area contributed by atoms with E-state index >= 15 is 0 Å². The summed E-state index contributed by atoms with van der Waals surface area (Å²) >= 11 is 0. The van der Waals surface area contributed by atoms with E-state index in [9.17, 15) is 4.79 Å². The fraction of sp³-hybridized carbons (Fsp3) is 0.400. The standard InChI is InChI=1S/C10H13NO2/c1-3-13-8(2)10(12)9-5-4-6-11-7-9/h4-8H,3H2,1-2H3. The Balaban J connectivity index is 2.68. The SMILES string of the molecule is CCOC(C)C(=O)c1cccnc1. The Bertz CT molecular complexity index is 272. The zero-order valence-corrected chi connectivity index (χ0v) is 7.86. The summed E-state index contributed by atoms with van der Waals surface area (Å²) in [5.41, 5.74) is 0.600. The van der Waals surface area contributed by atoms with Gasteiger partial charge in [-0.2, -0.15) is 0 Å². The average molecular weight is 179 g/mol. The van der Waals surface area contributed by atoms with Crippen molar-refractivity contribution in [2.24, 2.45) is 0 Å². The topological polar surface area (TPSA) is 39.2 Å². The van der Waals surface area contributed by atoms with Crippen LogP contribution in [0.5, 0.6) is 0 Å². The molecule has 1 rings (SSSR count). The van der Waals surface area contributed by atoms with Gasteiger partial charge in [0.05, 0.1) is 0 Å². The number of ketones is 1. The second-order valence-corrected chi connectivity index (χ2v) is 2.70. The number of carbonyl (C=O) groups excluding carboxylic acids is 1. The van der Waals surface area contributed by atoms with Gasteiger partial charge in [-0.05, 0) is 26.0 Å². The van der Waals surface area contributed by atoms with Gasteiger partial charge in [0, 0.05) is 24.6 Å². The molecule has 0 aliphatic rings. The fourth-order valence-corrected chi connectivity index (χ4v) is 1.07. The molecule has 0 N–H and O–H groups in total. The van der Waals surface area contributed by atoms with Crippen LogP contribution in [0.1, 0.15) is 24.2 Å². The number of nitrogens with zero attached hydrogens (tertiary/aromatic N) is 1. The average Bonchev–Trinajstić information content (AvgIpc) is 2.18. The van der Waals surface area contributed by atoms with Crippen LogP contribution in [0.4, 0.5) is 0 Å². The van der Waals surface area contributed by atoms with E-state index in [1.807, 2.05) is 6.92 Å². The lowest BCUT2D eigenvalue weighted by molar-refractivity contribution is 0.0520. The molecule has 3 nitrogen and oxygen atoms in total. The third kappa shape index (κ3) is 2.63. The molecule has 70 valence electrons. The van der Waals surface area contributed by atoms with Crippen LogP contribution in [0, 0.1) is 0 Å². The van der Waals surface area contributed by atoms with E-state index in [1.165, 1.54) is 0 Å². The van der Waals surface area contributed by atoms with E-state index in [0.29, 0.717) is 12.2 Å². The molecule has 0 bridgehead atoms. The Morgan fingerprint density at radius 3 is 3.00 bits per heavy atom. The molecule has 0 amide bonds. The highest BCUT2D eigenvalue weighted by molar-refractivity contribution is 5.98. The van der Waals surface area contributed by atoms with Gasteiger partial charge in [0.1, 0.15) is 6.10 Å². The lowest BCUT2D eigenvalue weighted by Gasteiger charge is -2.09. The highest BCUT2D eigenvalue weighted by Crippen LogP contribution is 2.03. The highest BCUT2D eigenvalue weighted by Gasteiger charge is 2.14. The Morgan fingerprint density at radius 2 is 2.46 bits per heavy atom. The molecule has 0 fully saturated rings. The molecule has 3 heteroatoms. The Morgan fingerprint density at radius 1 is 1.69 bits per heavy atom. The van der Waals surface area contributed by atoms with Crippen molar-refractivity contribution < 1.29 is 9.53 Å². The molecule has 0 aliphatic carbocycles. The van der Waals surface area contributed by atoms with Gasteiger partial charge in [0.15, 0.2) is 5.78 Å². The van der Waals surface area contributed by atoms with Crippen LogP contribution >= 0.6 is 0 Å². The van der Waals surface area contributed by atoms with Crippen molar-refractivity contribution in [3.8, 4) is 0 Å². The Labute approximate surface area is 77.8 Å². The first-order valence-corrected chi connectivity index (χ1v) is 4.31. The summed E-state index contributed by atoms with van der Waals surface area (Å²) < 4.78 is 5.18. The van der Waals surface area contributed by atoms with Gasteiger partial charge < -0.3 is 4.74 Å². The van der Waals surface area contributed by atoms with E-state index in [1.54, 1.807) is 31.5 Å². The second-order valence-electron chi connectivity index (χ2n) is 2.70. The summed E-state index contributed by atoms with van der Waals surface area (Å²) in [7, 11) is 0. The second kappa shape index (κ2) is 4.72. The number of carbonyl (C=O) groups is 1. The van der Waals surface area contributed by atoms with Crippen molar-refractivity contribution >= 4 is 5.78 Å². The predicted octanol–water partition coefficient (Wildman–Crippen LogP) is 1.69. The summed E-state index contributed by atoms with van der Waals surface area (Å²) in [6, 6.07) is 3.48. The third-order valence-electron chi connectivity index (χ3n) is 1.73. The van der Waals surface area contributed by atoms with Crippen LogP contribution in [0.15, 0.2) is 24.5 Å². The molecule has 1 heterocycles. The Kier molecular flexibility index (Phi) is 3.58. The number of aromatic nitrogens is 1. The van der Waals surface area contributed by atoms with E-state index in [2.05, 4.69) is 4.98 Å². The van der Waals surface area contributed by atoms with Crippen LogP contribution in [0.3, 0.4) is 0 Å². The largest absolute Gasteiger partial charge is 0.371 e. The summed E-state index contributed by atoms with van der Waals surface area (Å²) in [5, 5.41) is 0. The highest BCUT2D eigenvalue weighted by atomic mass is 16.5. The summed E-state index contributed by atoms with van der Waals surface area (Å²) in [5.74, 6) is -0.0186. The molecule has 1 unspecified atom stereocenters. The van der Waals surface area contributed by atoms with Crippen LogP contribution in [0.2, 0.25) is 0 Å². The molecule has 13 heavy (non-hydrogen) atoms. The van der Waals surface area contributed by atoms with E-state index < -0.39 is 0 Å². The van der Waals surface area contributed by atoms with E-state index in [-0.39, 0.29) is 11.9 Å². The molecular weight excluding hydrogens is 166 g/mol. The van der Waals surface area contributed by atoms with Crippen molar-refractivity contribution in [2.75, 3.05) is 6.61 Å². The minimum absolute atomic E-state index is 0.0186. The predicted molar refractivity (Wildman–Crippen MR) is 49.7 cm³/mol. The summed E-state index contributed by atoms with van der Waals surface area (Å²) in [4.78, 5) is 15.4. The Hall–Kier alpha value is -1.22. The first-order chi connectivity index (χ1) is 6.25. The van der Waals surface area contributed by atoms with Crippen LogP contribution in [-0.2, 0) is 4.74 Å². The minimum atomic E-state index is -0.380. The lowest BCUT2D eigenvalue weighted by Crippen LogP contribution is -2.20. The zero-order chi connectivity index (χ0) is 9.68. The molecule has 1 aromatic heterocycles. The van der Waals surface area contributed by atoms with Crippen molar-refractivity contribution in [1.82, 2.24) is 4.98 Å². The number of ether oxygens (including phenoxy) is 1. The van der Waals surface area contributed by atoms with Gasteiger partial charge in [-0.25, -0.2) is 0 Å². The van der Waals surface area contributed by atoms with Gasteiger partial charge in [0.2, 0.25) is 0 Å². The number of hydrogen-bond donors (Lipinski definition) is 0. The maximum atomic E-state index is 11.6. The molecule has 0 spiro atoms. The molecule has 0 saturated heterocycles. The lowest BCUT2D eigenvalue weighted by atomic mass is 10.1. The number of pyridine rings is 1. The van der Waals surface area contributed by atoms with Gasteiger partial charge in [-0.15, -0.1) is 0 Å². The van der Waals surface area contributed by atoms with E-state index in [4.69, 9.17) is 4.74 Å². The summed E-state index contributed by atoms with van der Waals surface area (Å²) in [6.45, 7) is 4.17. The first-order valence-electron chi connectivity index (χ1n) is 4.31. The van der Waals surface area contributed by atoms with Crippen LogP contribution < -0.4 is 0 Å². The quantitative estimate of drug-likeness (QED) is 0.660. The van der Waals surface area contributed by atoms with E-state index in [0.717, 1.165) is 0 Å². The van der Waals surface area contributed by atoms with Crippen molar-refractivity contribution in [2.45, 2.75) is 20.0 Å². The fourth-order valence-electron chi connectivity index (χ4n) is 1.07. The normalized spacial score (nSPS) is 12.5. The van der Waals surface area contributed by atoms with Gasteiger partial charge in [0.25, 0.3) is 0 Å². The molecule has 1 atom stereocenters. The van der Waals surface area contributed by atoms with Crippen molar-refractivity contribution in [1.29, 1.82) is 0 Å². The maximum absolute atomic E-state index is 11.6. The smallest absolute Gasteiger partial charge is 0.192 e. The number of hydrogen-bond acceptors (Lipinski definition) is 3. The molecule has 0 saturated carbocycles. The van der Waals surface area contributed by atoms with Gasteiger partial charge in [-0.1, -0.05) is 0 Å². The van der Waals surface area contributed by atoms with Crippen LogP contribution in [0.25, 0.3) is 0 Å². The maximum Gasteiger partial charge on any atom is 0.192 e. The summed E-state index contributed by atoms with van der Waals surface area (Å²) in [6.07, 6.45) is 2.81. The molecule has 0 aromatic carbocycles. The molecular formula is C10H13NO2. The van der Waals surface area contributed by atoms with Gasteiger partial charge >= 0.3 is 0 Å². The first kappa shape index (κ1) is 9.86. The third-order valence-corrected chi connectivity index (χ3v) is 1.73. The van der Waals surface area contributed by atoms with Crippen molar-refractivity contribution in [3.63, 3.8) is 0 Å². The number of Topliss-reactive ketones (excluding diaryl/α,β-unsaturated/α-hetero) is 1. The molecule has 0 radical (unpaired) electrons. The molecule has 0 aliphatic heterocycles. The monoisotopic (exact) mass is 179 g/mol. The minimum Gasteiger partial charge on any atom is -0.371 e.